The van der Waals surface area contributed by atoms with Crippen molar-refractivity contribution >= 4 is 22.9 Å². The fourth-order valence-electron chi connectivity index (χ4n) is 6.32. The van der Waals surface area contributed by atoms with Crippen LogP contribution in [0.4, 0.5) is 4.79 Å². The molecule has 0 radical (unpaired) electrons. The van der Waals surface area contributed by atoms with Gasteiger partial charge in [0.2, 0.25) is 0 Å². The maximum absolute atomic E-state index is 13.3. The maximum atomic E-state index is 13.3. The number of rotatable bonds is 8. The number of methoxy groups -OCH3 is 1. The van der Waals surface area contributed by atoms with Crippen molar-refractivity contribution in [2.45, 2.75) is 58.8 Å². The van der Waals surface area contributed by atoms with E-state index in [1.165, 1.54) is 18.0 Å². The topological polar surface area (TPSA) is 135 Å². The number of carbonyl (C=O) groups excluding carboxylic acids is 1. The summed E-state index contributed by atoms with van der Waals surface area (Å²) in [5.41, 5.74) is 1.13. The molecule has 1 fully saturated rings. The first-order chi connectivity index (χ1) is 21.0. The van der Waals surface area contributed by atoms with Crippen LogP contribution in [-0.4, -0.2) is 89.0 Å². The summed E-state index contributed by atoms with van der Waals surface area (Å²) in [4.78, 5) is 46.7. The predicted octanol–water partition coefficient (Wildman–Crippen LogP) is 3.60. The van der Waals surface area contributed by atoms with Crippen molar-refractivity contribution in [1.82, 2.24) is 24.7 Å². The summed E-state index contributed by atoms with van der Waals surface area (Å²) in [6.45, 7) is 9.17. The number of fused-ring (bicyclic) bond motifs is 2. The quantitative estimate of drug-likeness (QED) is 0.394. The molecular formula is C32H41N5O7. The summed E-state index contributed by atoms with van der Waals surface area (Å²) >= 11 is 0. The van der Waals surface area contributed by atoms with Crippen LogP contribution in [0.15, 0.2) is 41.3 Å². The lowest BCUT2D eigenvalue weighted by molar-refractivity contribution is 0.0128. The van der Waals surface area contributed by atoms with Gasteiger partial charge in [-0.15, -0.1) is 0 Å². The first kappa shape index (κ1) is 31.1. The molecule has 5 rings (SSSR count). The Labute approximate surface area is 256 Å². The van der Waals surface area contributed by atoms with Crippen molar-refractivity contribution in [1.29, 1.82) is 0 Å². The number of aromatic nitrogens is 2. The number of carbonyl (C=O) groups is 2. The van der Waals surface area contributed by atoms with Crippen LogP contribution in [0.2, 0.25) is 0 Å². The number of amides is 2. The number of hydrogen-bond acceptors (Lipinski definition) is 8. The van der Waals surface area contributed by atoms with E-state index >= 15 is 0 Å². The van der Waals surface area contributed by atoms with Crippen LogP contribution in [0, 0.1) is 5.41 Å². The molecule has 2 aromatic heterocycles. The van der Waals surface area contributed by atoms with Crippen LogP contribution in [-0.2, 0) is 13.1 Å². The molecule has 2 N–H and O–H groups in total. The molecule has 44 heavy (non-hydrogen) atoms. The fourth-order valence-corrected chi connectivity index (χ4v) is 6.32. The van der Waals surface area contributed by atoms with Gasteiger partial charge in [-0.25, -0.2) is 4.79 Å². The summed E-state index contributed by atoms with van der Waals surface area (Å²) in [6, 6.07) is 8.35. The molecule has 12 heteroatoms. The molecule has 2 amide bonds. The van der Waals surface area contributed by atoms with E-state index in [1.54, 1.807) is 42.1 Å². The molecule has 0 bridgehead atoms. The van der Waals surface area contributed by atoms with Crippen molar-refractivity contribution in [2.24, 2.45) is 5.41 Å². The molecule has 0 spiro atoms. The van der Waals surface area contributed by atoms with Crippen molar-refractivity contribution in [3.63, 3.8) is 0 Å². The van der Waals surface area contributed by atoms with Crippen LogP contribution in [0.1, 0.15) is 49.7 Å². The van der Waals surface area contributed by atoms with Gasteiger partial charge in [-0.1, -0.05) is 20.8 Å². The van der Waals surface area contributed by atoms with Gasteiger partial charge in [0, 0.05) is 62.4 Å². The minimum absolute atomic E-state index is 0.0537. The molecule has 1 aromatic carbocycles. The monoisotopic (exact) mass is 607 g/mol. The Kier molecular flexibility index (Phi) is 9.00. The molecule has 1 saturated heterocycles. The molecule has 2 aliphatic rings. The van der Waals surface area contributed by atoms with E-state index in [9.17, 15) is 19.5 Å². The average molecular weight is 608 g/mol. The van der Waals surface area contributed by atoms with Crippen molar-refractivity contribution in [3.05, 3.63) is 58.1 Å². The highest BCUT2D eigenvalue weighted by molar-refractivity contribution is 6.06. The SMILES string of the molecule is CNC(=O)c1cc(=O)n(CCN2CCC(N(Cc3cc4c(cn3)OCCO4)C(=O)O)CC2C(C)(C)C)c2cc(OC)ccc12. The number of hydrogen-bond donors (Lipinski definition) is 2. The highest BCUT2D eigenvalue weighted by Crippen LogP contribution is 2.35. The predicted molar refractivity (Wildman–Crippen MR) is 165 cm³/mol. The molecule has 2 aliphatic heterocycles. The number of nitrogens with one attached hydrogen (secondary N) is 1. The number of pyridine rings is 2. The van der Waals surface area contributed by atoms with Crippen LogP contribution in [0.3, 0.4) is 0 Å². The minimum Gasteiger partial charge on any atom is -0.497 e. The third kappa shape index (κ3) is 6.45. The Morgan fingerprint density at radius 2 is 1.89 bits per heavy atom. The normalized spacial score (nSPS) is 18.6. The third-order valence-electron chi connectivity index (χ3n) is 8.59. The number of likely N-dealkylation sites (tertiary alicyclic amines) is 1. The Hall–Kier alpha value is -4.32. The second-order valence-corrected chi connectivity index (χ2v) is 12.3. The number of benzene rings is 1. The Morgan fingerprint density at radius 1 is 1.14 bits per heavy atom. The molecule has 2 unspecified atom stereocenters. The van der Waals surface area contributed by atoms with E-state index in [2.05, 4.69) is 36.0 Å². The number of piperidine rings is 1. The highest BCUT2D eigenvalue weighted by Gasteiger charge is 2.39. The molecule has 4 heterocycles. The van der Waals surface area contributed by atoms with Gasteiger partial charge >= 0.3 is 6.09 Å². The van der Waals surface area contributed by atoms with Gasteiger partial charge in [-0.05, 0) is 30.4 Å². The minimum atomic E-state index is -0.990. The van der Waals surface area contributed by atoms with Gasteiger partial charge in [0.15, 0.2) is 11.5 Å². The average Bonchev–Trinajstić information content (AvgIpc) is 3.01. The lowest BCUT2D eigenvalue weighted by Gasteiger charge is -2.48. The van der Waals surface area contributed by atoms with Gasteiger partial charge in [0.25, 0.3) is 11.5 Å². The summed E-state index contributed by atoms with van der Waals surface area (Å²) in [7, 11) is 3.10. The summed E-state index contributed by atoms with van der Waals surface area (Å²) < 4.78 is 18.3. The zero-order valence-corrected chi connectivity index (χ0v) is 26.0. The molecule has 12 nitrogen and oxygen atoms in total. The Balaban J connectivity index is 1.37. The molecule has 236 valence electrons. The third-order valence-corrected chi connectivity index (χ3v) is 8.59. The summed E-state index contributed by atoms with van der Waals surface area (Å²) in [5.74, 6) is 1.41. The van der Waals surface area contributed by atoms with Gasteiger partial charge in [-0.2, -0.15) is 0 Å². The molecular weight excluding hydrogens is 566 g/mol. The van der Waals surface area contributed by atoms with Gasteiger partial charge in [-0.3, -0.25) is 24.4 Å². The van der Waals surface area contributed by atoms with Crippen LogP contribution >= 0.6 is 0 Å². The second-order valence-electron chi connectivity index (χ2n) is 12.3. The largest absolute Gasteiger partial charge is 0.497 e. The lowest BCUT2D eigenvalue weighted by atomic mass is 9.78. The van der Waals surface area contributed by atoms with E-state index in [0.29, 0.717) is 85.1 Å². The van der Waals surface area contributed by atoms with Gasteiger partial charge < -0.3 is 29.2 Å². The number of nitrogens with zero attached hydrogens (tertiary/aromatic N) is 4. The smallest absolute Gasteiger partial charge is 0.407 e. The Bertz CT molecular complexity index is 1600. The van der Waals surface area contributed by atoms with E-state index < -0.39 is 6.09 Å². The molecule has 0 aliphatic carbocycles. The zero-order chi connectivity index (χ0) is 31.6. The van der Waals surface area contributed by atoms with Crippen molar-refractivity contribution in [3.8, 4) is 17.2 Å². The van der Waals surface area contributed by atoms with Crippen LogP contribution < -0.4 is 25.1 Å². The summed E-state index contributed by atoms with van der Waals surface area (Å²) in [6.07, 6.45) is 1.88. The van der Waals surface area contributed by atoms with Crippen LogP contribution in [0.25, 0.3) is 10.9 Å². The molecule has 2 atom stereocenters. The fraction of sp³-hybridized carbons (Fsp3) is 0.500. The summed E-state index contributed by atoms with van der Waals surface area (Å²) in [5, 5.41) is 13.5. The molecule has 0 saturated carbocycles. The lowest BCUT2D eigenvalue weighted by Crippen LogP contribution is -2.55. The van der Waals surface area contributed by atoms with Crippen molar-refractivity contribution in [2.75, 3.05) is 40.5 Å². The van der Waals surface area contributed by atoms with E-state index in [4.69, 9.17) is 14.2 Å². The van der Waals surface area contributed by atoms with E-state index in [0.717, 1.165) is 0 Å². The first-order valence-corrected chi connectivity index (χ1v) is 14.9. The zero-order valence-electron chi connectivity index (χ0n) is 26.0. The van der Waals surface area contributed by atoms with Gasteiger partial charge in [0.05, 0.1) is 36.6 Å². The van der Waals surface area contributed by atoms with Gasteiger partial charge in [0.1, 0.15) is 19.0 Å². The standard InChI is InChI=1S/C32H41N5O7/c1-32(2,3)28-15-21(37(31(40)41)19-20-14-26-27(18-34-20)44-13-12-43-26)8-9-35(28)10-11-36-25-16-22(42-5)6-7-23(25)24(17-29(36)38)30(39)33-4/h6-7,14,16-18,21,28H,8-13,15,19H2,1-5H3,(H,33,39)(H,40,41). The van der Waals surface area contributed by atoms with E-state index in [1.807, 2.05) is 0 Å². The number of ether oxygens (including phenoxy) is 3. The second kappa shape index (κ2) is 12.7. The first-order valence-electron chi connectivity index (χ1n) is 14.9. The number of carboxylic acid groups (broad SMARTS) is 1. The van der Waals surface area contributed by atoms with Crippen LogP contribution in [0.5, 0.6) is 17.2 Å². The van der Waals surface area contributed by atoms with E-state index in [-0.39, 0.29) is 35.5 Å². The molecule has 3 aromatic rings. The highest BCUT2D eigenvalue weighted by atomic mass is 16.6. The Morgan fingerprint density at radius 3 is 2.57 bits per heavy atom. The van der Waals surface area contributed by atoms with Crippen molar-refractivity contribution < 1.29 is 28.9 Å². The maximum Gasteiger partial charge on any atom is 0.407 e.